The van der Waals surface area contributed by atoms with E-state index in [1.54, 1.807) is 39.0 Å². The van der Waals surface area contributed by atoms with E-state index in [4.69, 9.17) is 9.47 Å². The van der Waals surface area contributed by atoms with Crippen LogP contribution in [0.2, 0.25) is 0 Å². The quantitative estimate of drug-likeness (QED) is 0.552. The van der Waals surface area contributed by atoms with Gasteiger partial charge in [-0.15, -0.1) is 0 Å². The number of hydrogen-bond donors (Lipinski definition) is 3. The maximum absolute atomic E-state index is 12.4. The van der Waals surface area contributed by atoms with Crippen LogP contribution in [0, 0.1) is 0 Å². The zero-order valence-corrected chi connectivity index (χ0v) is 16.9. The number of benzene rings is 1. The highest BCUT2D eigenvalue weighted by atomic mass is 32.1. The molecular formula is C19H21N3O6S. The lowest BCUT2D eigenvalue weighted by molar-refractivity contribution is -0.135. The van der Waals surface area contributed by atoms with Gasteiger partial charge in [0.25, 0.3) is 0 Å². The molecule has 1 unspecified atom stereocenters. The van der Waals surface area contributed by atoms with Gasteiger partial charge >= 0.3 is 11.9 Å². The maximum Gasteiger partial charge on any atom is 0.334 e. The molecule has 29 heavy (non-hydrogen) atoms. The fourth-order valence-electron chi connectivity index (χ4n) is 3.45. The Labute approximate surface area is 171 Å². The largest absolute Gasteiger partial charge is 0.478 e. The van der Waals surface area contributed by atoms with E-state index in [1.165, 1.54) is 0 Å². The Morgan fingerprint density at radius 2 is 1.79 bits per heavy atom. The number of rotatable bonds is 8. The number of allylic oxidation sites excluding steroid dienone is 1. The fourth-order valence-corrected chi connectivity index (χ4v) is 4.01. The van der Waals surface area contributed by atoms with E-state index in [1.807, 2.05) is 0 Å². The van der Waals surface area contributed by atoms with Gasteiger partial charge in [0.2, 0.25) is 0 Å². The Morgan fingerprint density at radius 1 is 1.14 bits per heavy atom. The van der Waals surface area contributed by atoms with Crippen LogP contribution in [-0.2, 0) is 19.1 Å². The number of dihydropyridines is 1. The Balaban J connectivity index is 2.31. The van der Waals surface area contributed by atoms with Gasteiger partial charge in [-0.1, -0.05) is 12.1 Å². The monoisotopic (exact) mass is 419 g/mol. The van der Waals surface area contributed by atoms with Crippen molar-refractivity contribution in [2.45, 2.75) is 33.0 Å². The number of carbonyl (C=O) groups is 2. The van der Waals surface area contributed by atoms with Gasteiger partial charge in [0.15, 0.2) is 6.29 Å². The molecular weight excluding hydrogens is 398 g/mol. The predicted molar refractivity (Wildman–Crippen MR) is 105 cm³/mol. The number of aliphatic carboxylic acids is 2. The molecule has 0 fully saturated rings. The van der Waals surface area contributed by atoms with Crippen molar-refractivity contribution >= 4 is 34.7 Å². The van der Waals surface area contributed by atoms with E-state index in [9.17, 15) is 19.8 Å². The summed E-state index contributed by atoms with van der Waals surface area (Å²) in [4.78, 5) is 24.5. The van der Waals surface area contributed by atoms with Crippen LogP contribution in [0.4, 0.5) is 0 Å². The lowest BCUT2D eigenvalue weighted by Crippen LogP contribution is -2.38. The predicted octanol–water partition coefficient (Wildman–Crippen LogP) is 2.47. The number of ether oxygens (including phenoxy) is 2. The average molecular weight is 419 g/mol. The van der Waals surface area contributed by atoms with Crippen molar-refractivity contribution in [3.8, 4) is 0 Å². The van der Waals surface area contributed by atoms with Crippen molar-refractivity contribution in [1.29, 1.82) is 0 Å². The second-order valence-corrected chi connectivity index (χ2v) is 6.78. The summed E-state index contributed by atoms with van der Waals surface area (Å²) in [6.07, 6.45) is -0.975. The normalized spacial score (nSPS) is 17.2. The third-order valence-electron chi connectivity index (χ3n) is 4.55. The molecule has 2 heterocycles. The zero-order chi connectivity index (χ0) is 21.1. The van der Waals surface area contributed by atoms with Crippen LogP contribution >= 0.6 is 11.7 Å². The molecule has 2 aromatic rings. The highest BCUT2D eigenvalue weighted by Gasteiger charge is 2.41. The first-order chi connectivity index (χ1) is 13.9. The van der Waals surface area contributed by atoms with Crippen molar-refractivity contribution in [2.75, 3.05) is 13.2 Å². The van der Waals surface area contributed by atoms with Crippen LogP contribution in [0.3, 0.4) is 0 Å². The Kier molecular flexibility index (Phi) is 6.26. The molecule has 1 aromatic heterocycles. The molecule has 9 nitrogen and oxygen atoms in total. The topological polar surface area (TPSA) is 131 Å². The highest BCUT2D eigenvalue weighted by Crippen LogP contribution is 2.41. The van der Waals surface area contributed by atoms with Crippen molar-refractivity contribution < 1.29 is 29.3 Å². The molecule has 10 heteroatoms. The molecule has 0 saturated carbocycles. The minimum Gasteiger partial charge on any atom is -0.478 e. The summed E-state index contributed by atoms with van der Waals surface area (Å²) < 4.78 is 19.7. The molecule has 154 valence electrons. The Bertz CT molecular complexity index is 1010. The number of nitrogens with one attached hydrogen (secondary N) is 1. The summed E-state index contributed by atoms with van der Waals surface area (Å²) in [5, 5.41) is 22.9. The standard InChI is InChI=1S/C19H21N3O6S/c1-4-27-19(28-5-2)16-14(18(25)26)13(12(17(23)24)9(3)20-16)10-7-6-8-11-15(10)22-29-21-11/h6-8,13,19-20H,4-5H2,1-3H3,(H,23,24)(H,25,26). The Morgan fingerprint density at radius 3 is 2.38 bits per heavy atom. The van der Waals surface area contributed by atoms with Gasteiger partial charge in [0, 0.05) is 18.9 Å². The van der Waals surface area contributed by atoms with E-state index in [0.29, 0.717) is 22.3 Å². The minimum absolute atomic E-state index is 0.0709. The molecule has 1 atom stereocenters. The molecule has 1 aromatic carbocycles. The third-order valence-corrected chi connectivity index (χ3v) is 5.10. The van der Waals surface area contributed by atoms with Crippen LogP contribution in [0.15, 0.2) is 40.7 Å². The van der Waals surface area contributed by atoms with Gasteiger partial charge < -0.3 is 25.0 Å². The molecule has 1 aliphatic heterocycles. The number of nitrogens with zero attached hydrogens (tertiary/aromatic N) is 2. The second-order valence-electron chi connectivity index (χ2n) is 6.26. The van der Waals surface area contributed by atoms with Crippen molar-refractivity contribution in [1.82, 2.24) is 14.1 Å². The van der Waals surface area contributed by atoms with Crippen LogP contribution in [-0.4, -0.2) is 50.4 Å². The van der Waals surface area contributed by atoms with Crippen LogP contribution in [0.25, 0.3) is 11.0 Å². The smallest absolute Gasteiger partial charge is 0.334 e. The number of hydrogen-bond acceptors (Lipinski definition) is 8. The van der Waals surface area contributed by atoms with E-state index < -0.39 is 24.1 Å². The lowest BCUT2D eigenvalue weighted by Gasteiger charge is -2.33. The van der Waals surface area contributed by atoms with Crippen molar-refractivity contribution in [3.05, 3.63) is 46.3 Å². The van der Waals surface area contributed by atoms with E-state index in [-0.39, 0.29) is 30.1 Å². The van der Waals surface area contributed by atoms with E-state index in [0.717, 1.165) is 11.7 Å². The third kappa shape index (κ3) is 3.86. The number of carboxylic acid groups (broad SMARTS) is 2. The molecule has 0 aliphatic carbocycles. The summed E-state index contributed by atoms with van der Waals surface area (Å²) in [6, 6.07) is 5.12. The summed E-state index contributed by atoms with van der Waals surface area (Å²) in [5.74, 6) is -3.56. The molecule has 0 spiro atoms. The van der Waals surface area contributed by atoms with Gasteiger partial charge in [-0.3, -0.25) is 0 Å². The van der Waals surface area contributed by atoms with Gasteiger partial charge in [-0.05, 0) is 32.4 Å². The average Bonchev–Trinajstić information content (AvgIpc) is 3.15. The Hall–Kier alpha value is -2.82. The molecule has 0 amide bonds. The van der Waals surface area contributed by atoms with Crippen LogP contribution in [0.1, 0.15) is 32.3 Å². The van der Waals surface area contributed by atoms with Crippen LogP contribution in [0.5, 0.6) is 0 Å². The number of fused-ring (bicyclic) bond motifs is 1. The van der Waals surface area contributed by atoms with Crippen molar-refractivity contribution in [2.24, 2.45) is 0 Å². The highest BCUT2D eigenvalue weighted by molar-refractivity contribution is 7.00. The SMILES string of the molecule is CCOC(OCC)C1=C(C(=O)O)C(c2cccc3nsnc23)C(C(=O)O)=C(C)N1. The zero-order valence-electron chi connectivity index (χ0n) is 16.1. The molecule has 3 N–H and O–H groups in total. The first kappa shape index (κ1) is 20.9. The van der Waals surface area contributed by atoms with Gasteiger partial charge in [-0.25, -0.2) is 9.59 Å². The molecule has 0 bridgehead atoms. The summed E-state index contributed by atoms with van der Waals surface area (Å²) in [7, 11) is 0. The number of aromatic nitrogens is 2. The molecule has 3 rings (SSSR count). The van der Waals surface area contributed by atoms with Gasteiger partial charge in [-0.2, -0.15) is 8.75 Å². The van der Waals surface area contributed by atoms with Gasteiger partial charge in [0.1, 0.15) is 11.0 Å². The van der Waals surface area contributed by atoms with Gasteiger partial charge in [0.05, 0.1) is 34.5 Å². The molecule has 0 saturated heterocycles. The first-order valence-corrected chi connectivity index (χ1v) is 9.76. The summed E-state index contributed by atoms with van der Waals surface area (Å²) in [6.45, 7) is 5.69. The van der Waals surface area contributed by atoms with Crippen LogP contribution < -0.4 is 5.32 Å². The first-order valence-electron chi connectivity index (χ1n) is 9.03. The fraction of sp³-hybridized carbons (Fsp3) is 0.368. The summed E-state index contributed by atoms with van der Waals surface area (Å²) in [5.41, 5.74) is 1.76. The number of carboxylic acids is 2. The molecule has 0 radical (unpaired) electrons. The molecule has 1 aliphatic rings. The second kappa shape index (κ2) is 8.68. The summed E-state index contributed by atoms with van der Waals surface area (Å²) >= 11 is 0.982. The lowest BCUT2D eigenvalue weighted by atomic mass is 9.79. The minimum atomic E-state index is -1.27. The van der Waals surface area contributed by atoms with Crippen molar-refractivity contribution in [3.63, 3.8) is 0 Å². The maximum atomic E-state index is 12.4. The van der Waals surface area contributed by atoms with E-state index in [2.05, 4.69) is 14.1 Å². The van der Waals surface area contributed by atoms with E-state index >= 15 is 0 Å².